The molecule has 2 bridgehead atoms. The van der Waals surface area contributed by atoms with Gasteiger partial charge in [-0.15, -0.1) is 0 Å². The second-order valence-corrected chi connectivity index (χ2v) is 7.93. The van der Waals surface area contributed by atoms with Crippen LogP contribution in [0.2, 0.25) is 0 Å². The molecular formula is C20H27FN2O2. The van der Waals surface area contributed by atoms with Crippen molar-refractivity contribution in [1.82, 2.24) is 9.80 Å². The van der Waals surface area contributed by atoms with Gasteiger partial charge in [-0.25, -0.2) is 9.18 Å². The molecule has 4 rings (SSSR count). The molecule has 25 heavy (non-hydrogen) atoms. The van der Waals surface area contributed by atoms with E-state index in [0.717, 1.165) is 45.1 Å². The van der Waals surface area contributed by atoms with Gasteiger partial charge in [-0.1, -0.05) is 12.1 Å². The van der Waals surface area contributed by atoms with Crippen LogP contribution in [-0.4, -0.2) is 52.7 Å². The summed E-state index contributed by atoms with van der Waals surface area (Å²) in [5.41, 5.74) is 1.20. The van der Waals surface area contributed by atoms with Gasteiger partial charge in [0, 0.05) is 31.8 Å². The van der Waals surface area contributed by atoms with Gasteiger partial charge in [-0.05, 0) is 68.1 Å². The van der Waals surface area contributed by atoms with E-state index in [2.05, 4.69) is 4.90 Å². The molecule has 3 aliphatic rings. The summed E-state index contributed by atoms with van der Waals surface area (Å²) in [6.45, 7) is 1.67. The largest absolute Gasteiger partial charge is 0.396 e. The van der Waals surface area contributed by atoms with Crippen molar-refractivity contribution in [2.75, 3.05) is 19.7 Å². The fraction of sp³-hybridized carbons (Fsp3) is 0.650. The number of hydrogen-bond donors (Lipinski definition) is 1. The lowest BCUT2D eigenvalue weighted by Gasteiger charge is -2.43. The van der Waals surface area contributed by atoms with Gasteiger partial charge < -0.3 is 14.9 Å². The molecule has 1 N–H and O–H groups in total. The molecule has 0 aliphatic carbocycles. The molecule has 0 saturated carbocycles. The molecule has 1 aromatic rings. The summed E-state index contributed by atoms with van der Waals surface area (Å²) in [5, 5.41) is 9.42. The average Bonchev–Trinajstić information content (AvgIpc) is 2.91. The molecule has 2 amide bonds. The zero-order chi connectivity index (χ0) is 17.4. The lowest BCUT2D eigenvalue weighted by atomic mass is 9.85. The van der Waals surface area contributed by atoms with Gasteiger partial charge in [0.25, 0.3) is 0 Å². The number of fused-ring (bicyclic) bond motifs is 2. The highest BCUT2D eigenvalue weighted by Crippen LogP contribution is 2.43. The molecule has 0 spiro atoms. The molecular weight excluding hydrogens is 319 g/mol. The van der Waals surface area contributed by atoms with E-state index in [1.807, 2.05) is 17.0 Å². The van der Waals surface area contributed by atoms with E-state index in [0.29, 0.717) is 24.5 Å². The molecule has 3 fully saturated rings. The van der Waals surface area contributed by atoms with Crippen molar-refractivity contribution in [2.45, 2.75) is 56.5 Å². The first-order chi connectivity index (χ1) is 12.2. The SMILES string of the molecule is O=C(N1CCCC(CO)C1)N1C2CCC1CC(c1ccc(F)cc1)C2. The summed E-state index contributed by atoms with van der Waals surface area (Å²) < 4.78 is 13.2. The Labute approximate surface area is 148 Å². The maximum Gasteiger partial charge on any atom is 0.320 e. The van der Waals surface area contributed by atoms with Gasteiger partial charge in [0.05, 0.1) is 0 Å². The van der Waals surface area contributed by atoms with Gasteiger partial charge in [0.2, 0.25) is 0 Å². The fourth-order valence-electron chi connectivity index (χ4n) is 5.05. The number of carbonyl (C=O) groups is 1. The lowest BCUT2D eigenvalue weighted by molar-refractivity contribution is 0.0792. The molecule has 0 radical (unpaired) electrons. The zero-order valence-electron chi connectivity index (χ0n) is 14.6. The van der Waals surface area contributed by atoms with Crippen molar-refractivity contribution >= 4 is 6.03 Å². The minimum atomic E-state index is -0.192. The highest BCUT2D eigenvalue weighted by atomic mass is 19.1. The van der Waals surface area contributed by atoms with Crippen LogP contribution in [0.3, 0.4) is 0 Å². The monoisotopic (exact) mass is 346 g/mol. The maximum absolute atomic E-state index is 13.2. The summed E-state index contributed by atoms with van der Waals surface area (Å²) >= 11 is 0. The van der Waals surface area contributed by atoms with Gasteiger partial charge in [-0.2, -0.15) is 0 Å². The first-order valence-corrected chi connectivity index (χ1v) is 9.59. The summed E-state index contributed by atoms with van der Waals surface area (Å²) in [5.74, 6) is 0.462. The highest BCUT2D eigenvalue weighted by molar-refractivity contribution is 5.76. The van der Waals surface area contributed by atoms with E-state index in [1.54, 1.807) is 0 Å². The van der Waals surface area contributed by atoms with Crippen molar-refractivity contribution < 1.29 is 14.3 Å². The van der Waals surface area contributed by atoms with E-state index in [-0.39, 0.29) is 24.4 Å². The lowest BCUT2D eigenvalue weighted by Crippen LogP contribution is -2.54. The van der Waals surface area contributed by atoms with Gasteiger partial charge in [-0.3, -0.25) is 0 Å². The minimum Gasteiger partial charge on any atom is -0.396 e. The molecule has 3 saturated heterocycles. The molecule has 3 atom stereocenters. The predicted octanol–water partition coefficient (Wildman–Crippen LogP) is 3.36. The Morgan fingerprint density at radius 2 is 1.80 bits per heavy atom. The van der Waals surface area contributed by atoms with E-state index in [4.69, 9.17) is 0 Å². The summed E-state index contributed by atoms with van der Waals surface area (Å²) in [4.78, 5) is 17.2. The number of rotatable bonds is 2. The smallest absolute Gasteiger partial charge is 0.320 e. The topological polar surface area (TPSA) is 43.8 Å². The maximum atomic E-state index is 13.2. The number of benzene rings is 1. The number of amides is 2. The molecule has 3 heterocycles. The number of aliphatic hydroxyl groups excluding tert-OH is 1. The summed E-state index contributed by atoms with van der Waals surface area (Å²) in [6, 6.07) is 7.64. The van der Waals surface area contributed by atoms with Gasteiger partial charge >= 0.3 is 6.03 Å². The van der Waals surface area contributed by atoms with E-state index >= 15 is 0 Å². The number of carbonyl (C=O) groups excluding carboxylic acids is 1. The van der Waals surface area contributed by atoms with Crippen LogP contribution >= 0.6 is 0 Å². The van der Waals surface area contributed by atoms with Crippen molar-refractivity contribution in [3.05, 3.63) is 35.6 Å². The Kier molecular flexibility index (Phi) is 4.67. The number of halogens is 1. The van der Waals surface area contributed by atoms with Gasteiger partial charge in [0.15, 0.2) is 0 Å². The zero-order valence-corrected chi connectivity index (χ0v) is 14.6. The average molecular weight is 346 g/mol. The van der Waals surface area contributed by atoms with Crippen LogP contribution in [-0.2, 0) is 0 Å². The second-order valence-electron chi connectivity index (χ2n) is 7.93. The molecule has 3 aliphatic heterocycles. The quantitative estimate of drug-likeness (QED) is 0.892. The van der Waals surface area contributed by atoms with Crippen LogP contribution in [0.4, 0.5) is 9.18 Å². The third-order valence-corrected chi connectivity index (χ3v) is 6.34. The molecule has 4 nitrogen and oxygen atoms in total. The third kappa shape index (κ3) is 3.26. The second kappa shape index (κ2) is 6.94. The van der Waals surface area contributed by atoms with E-state index in [1.165, 1.54) is 17.7 Å². The standard InChI is InChI=1S/C20H27FN2O2/c21-17-5-3-15(4-6-17)16-10-18-7-8-19(11-16)23(18)20(25)22-9-1-2-14(12-22)13-24/h3-6,14,16,18-19,24H,1-2,7-13H2. The number of piperidine rings is 2. The molecule has 136 valence electrons. The highest BCUT2D eigenvalue weighted by Gasteiger charge is 2.45. The first kappa shape index (κ1) is 16.8. The number of hydrogen-bond acceptors (Lipinski definition) is 2. The van der Waals surface area contributed by atoms with Crippen LogP contribution in [0.1, 0.15) is 50.0 Å². The van der Waals surface area contributed by atoms with Crippen LogP contribution in [0.5, 0.6) is 0 Å². The summed E-state index contributed by atoms with van der Waals surface area (Å²) in [7, 11) is 0. The fourth-order valence-corrected chi connectivity index (χ4v) is 5.05. The third-order valence-electron chi connectivity index (χ3n) is 6.34. The van der Waals surface area contributed by atoms with Crippen molar-refractivity contribution in [3.63, 3.8) is 0 Å². The van der Waals surface area contributed by atoms with Crippen LogP contribution < -0.4 is 0 Å². The predicted molar refractivity (Wildman–Crippen MR) is 93.8 cm³/mol. The van der Waals surface area contributed by atoms with Crippen molar-refractivity contribution in [3.8, 4) is 0 Å². The minimum absolute atomic E-state index is 0.170. The Bertz CT molecular complexity index is 607. The molecule has 3 unspecified atom stereocenters. The van der Waals surface area contributed by atoms with Crippen molar-refractivity contribution in [2.24, 2.45) is 5.92 Å². The van der Waals surface area contributed by atoms with Crippen LogP contribution in [0, 0.1) is 11.7 Å². The first-order valence-electron chi connectivity index (χ1n) is 9.59. The van der Waals surface area contributed by atoms with Crippen molar-refractivity contribution in [1.29, 1.82) is 0 Å². The number of nitrogens with zero attached hydrogens (tertiary/aromatic N) is 2. The van der Waals surface area contributed by atoms with E-state index in [9.17, 15) is 14.3 Å². The Balaban J connectivity index is 1.45. The molecule has 0 aromatic heterocycles. The molecule has 5 heteroatoms. The Hall–Kier alpha value is -1.62. The summed E-state index contributed by atoms with van der Waals surface area (Å²) in [6.07, 6.45) is 6.10. The number of likely N-dealkylation sites (tertiary alicyclic amines) is 1. The Morgan fingerprint density at radius 1 is 1.12 bits per heavy atom. The van der Waals surface area contributed by atoms with Crippen LogP contribution in [0.15, 0.2) is 24.3 Å². The van der Waals surface area contributed by atoms with Crippen LogP contribution in [0.25, 0.3) is 0 Å². The van der Waals surface area contributed by atoms with Gasteiger partial charge in [0.1, 0.15) is 5.82 Å². The molecule has 1 aromatic carbocycles. The number of aliphatic hydroxyl groups is 1. The number of urea groups is 1. The normalized spacial score (nSPS) is 32.1. The van der Waals surface area contributed by atoms with E-state index < -0.39 is 0 Å². The Morgan fingerprint density at radius 3 is 2.44 bits per heavy atom.